The second-order valence-electron chi connectivity index (χ2n) is 7.62. The van der Waals surface area contributed by atoms with Gasteiger partial charge >= 0.3 is 6.03 Å². The maximum atomic E-state index is 13.1. The highest BCUT2D eigenvalue weighted by molar-refractivity contribution is 5.84. The molecule has 0 radical (unpaired) electrons. The van der Waals surface area contributed by atoms with Crippen molar-refractivity contribution in [2.45, 2.75) is 70.5 Å². The molecule has 6 heteroatoms. The lowest BCUT2D eigenvalue weighted by molar-refractivity contribution is -0.133. The van der Waals surface area contributed by atoms with Crippen LogP contribution in [-0.4, -0.2) is 51.5 Å². The van der Waals surface area contributed by atoms with Crippen LogP contribution in [0.1, 0.15) is 57.6 Å². The zero-order valence-electron chi connectivity index (χ0n) is 16.1. The second-order valence-corrected chi connectivity index (χ2v) is 7.62. The molecule has 3 rings (SSSR count). The highest BCUT2D eigenvalue weighted by atomic mass is 16.2. The van der Waals surface area contributed by atoms with Gasteiger partial charge in [0.2, 0.25) is 5.91 Å². The fraction of sp³-hybridized carbons (Fsp3) is 0.700. The van der Waals surface area contributed by atoms with Crippen LogP contribution >= 0.6 is 0 Å². The summed E-state index contributed by atoms with van der Waals surface area (Å²) in [5, 5.41) is 2.90. The number of amides is 3. The standard InChI is InChI=1S/C20H32N4O2/c1-3-21-20(26)24(16-8-5-4-6-9-16)15-19(25)23(17-11-12-17)14-18-10-7-13-22(18)2/h7,10,13,16-17H,3-6,8-9,11-12,14-15H2,1-2H3,(H,21,26). The van der Waals surface area contributed by atoms with Crippen LogP contribution in [0.3, 0.4) is 0 Å². The lowest BCUT2D eigenvalue weighted by atomic mass is 9.94. The number of rotatable bonds is 7. The average molecular weight is 361 g/mol. The summed E-state index contributed by atoms with van der Waals surface area (Å²) in [4.78, 5) is 29.5. The lowest BCUT2D eigenvalue weighted by Crippen LogP contribution is -2.52. The van der Waals surface area contributed by atoms with E-state index in [1.54, 1.807) is 4.90 Å². The molecular weight excluding hydrogens is 328 g/mol. The van der Waals surface area contributed by atoms with Gasteiger partial charge in [0.25, 0.3) is 0 Å². The van der Waals surface area contributed by atoms with Crippen LogP contribution < -0.4 is 5.32 Å². The van der Waals surface area contributed by atoms with Crippen LogP contribution in [0.15, 0.2) is 18.3 Å². The molecule has 2 saturated carbocycles. The van der Waals surface area contributed by atoms with E-state index >= 15 is 0 Å². The molecule has 2 aliphatic carbocycles. The number of nitrogens with zero attached hydrogens (tertiary/aromatic N) is 3. The van der Waals surface area contributed by atoms with Crippen molar-refractivity contribution in [2.24, 2.45) is 7.05 Å². The monoisotopic (exact) mass is 360 g/mol. The molecule has 0 aliphatic heterocycles. The van der Waals surface area contributed by atoms with Gasteiger partial charge in [-0.2, -0.15) is 0 Å². The molecule has 2 fully saturated rings. The van der Waals surface area contributed by atoms with Gasteiger partial charge in [-0.25, -0.2) is 4.79 Å². The van der Waals surface area contributed by atoms with Gasteiger partial charge in [0, 0.05) is 37.6 Å². The van der Waals surface area contributed by atoms with Crippen LogP contribution in [0.25, 0.3) is 0 Å². The molecule has 0 aromatic carbocycles. The molecule has 0 atom stereocenters. The van der Waals surface area contributed by atoms with Crippen LogP contribution in [0.5, 0.6) is 0 Å². The van der Waals surface area contributed by atoms with E-state index in [0.717, 1.165) is 44.2 Å². The Balaban J connectivity index is 1.69. The van der Waals surface area contributed by atoms with Gasteiger partial charge in [-0.1, -0.05) is 19.3 Å². The maximum absolute atomic E-state index is 13.1. The summed E-state index contributed by atoms with van der Waals surface area (Å²) in [5.41, 5.74) is 1.13. The third-order valence-electron chi connectivity index (χ3n) is 5.60. The van der Waals surface area contributed by atoms with Crippen molar-refractivity contribution in [3.8, 4) is 0 Å². The molecule has 144 valence electrons. The van der Waals surface area contributed by atoms with Gasteiger partial charge in [0.1, 0.15) is 6.54 Å². The molecule has 1 aromatic rings. The average Bonchev–Trinajstić information content (AvgIpc) is 3.40. The first-order valence-corrected chi connectivity index (χ1v) is 10.0. The fourth-order valence-corrected chi connectivity index (χ4v) is 3.89. The van der Waals surface area contributed by atoms with Crippen molar-refractivity contribution in [3.05, 3.63) is 24.0 Å². The summed E-state index contributed by atoms with van der Waals surface area (Å²) in [6, 6.07) is 4.50. The molecule has 1 aromatic heterocycles. The molecule has 0 bridgehead atoms. The van der Waals surface area contributed by atoms with Gasteiger partial charge in [0.15, 0.2) is 0 Å². The maximum Gasteiger partial charge on any atom is 0.318 e. The van der Waals surface area contributed by atoms with E-state index in [-0.39, 0.29) is 24.5 Å². The predicted octanol–water partition coefficient (Wildman–Crippen LogP) is 2.88. The van der Waals surface area contributed by atoms with Crippen LogP contribution in [-0.2, 0) is 18.4 Å². The Morgan fingerprint density at radius 2 is 1.81 bits per heavy atom. The van der Waals surface area contributed by atoms with Crippen molar-refractivity contribution >= 4 is 11.9 Å². The Kier molecular flexibility index (Phi) is 6.22. The summed E-state index contributed by atoms with van der Waals surface area (Å²) in [6.45, 7) is 3.33. The first kappa shape index (κ1) is 18.8. The number of carbonyl (C=O) groups excluding carboxylic acids is 2. The van der Waals surface area contributed by atoms with E-state index in [0.29, 0.717) is 19.1 Å². The highest BCUT2D eigenvalue weighted by Gasteiger charge is 2.35. The van der Waals surface area contributed by atoms with Gasteiger partial charge in [-0.05, 0) is 44.7 Å². The molecule has 3 amide bonds. The van der Waals surface area contributed by atoms with E-state index in [4.69, 9.17) is 0 Å². The van der Waals surface area contributed by atoms with Gasteiger partial charge in [-0.3, -0.25) is 4.79 Å². The summed E-state index contributed by atoms with van der Waals surface area (Å²) < 4.78 is 2.06. The molecule has 26 heavy (non-hydrogen) atoms. The van der Waals surface area contributed by atoms with Gasteiger partial charge < -0.3 is 19.7 Å². The zero-order valence-corrected chi connectivity index (χ0v) is 16.1. The van der Waals surface area contributed by atoms with E-state index in [1.165, 1.54) is 6.42 Å². The molecule has 1 heterocycles. The van der Waals surface area contributed by atoms with Crippen molar-refractivity contribution < 1.29 is 9.59 Å². The molecule has 1 N–H and O–H groups in total. The third-order valence-corrected chi connectivity index (χ3v) is 5.60. The molecular formula is C20H32N4O2. The topological polar surface area (TPSA) is 57.6 Å². The lowest BCUT2D eigenvalue weighted by Gasteiger charge is -2.35. The Morgan fingerprint density at radius 1 is 1.12 bits per heavy atom. The number of aryl methyl sites for hydroxylation is 1. The molecule has 2 aliphatic rings. The summed E-state index contributed by atoms with van der Waals surface area (Å²) >= 11 is 0. The smallest absolute Gasteiger partial charge is 0.318 e. The van der Waals surface area contributed by atoms with Gasteiger partial charge in [-0.15, -0.1) is 0 Å². The van der Waals surface area contributed by atoms with Crippen molar-refractivity contribution in [1.82, 2.24) is 19.7 Å². The van der Waals surface area contributed by atoms with E-state index < -0.39 is 0 Å². The number of aromatic nitrogens is 1. The summed E-state index contributed by atoms with van der Waals surface area (Å²) in [7, 11) is 2.01. The quantitative estimate of drug-likeness (QED) is 0.813. The largest absolute Gasteiger partial charge is 0.353 e. The molecule has 6 nitrogen and oxygen atoms in total. The number of nitrogens with one attached hydrogen (secondary N) is 1. The highest BCUT2D eigenvalue weighted by Crippen LogP contribution is 2.29. The summed E-state index contributed by atoms with van der Waals surface area (Å²) in [5.74, 6) is 0.0746. The molecule has 0 saturated heterocycles. The Labute approximate surface area is 156 Å². The first-order chi connectivity index (χ1) is 12.6. The predicted molar refractivity (Wildman–Crippen MR) is 102 cm³/mol. The van der Waals surface area contributed by atoms with E-state index in [2.05, 4.69) is 16.0 Å². The van der Waals surface area contributed by atoms with Gasteiger partial charge in [0.05, 0.1) is 6.54 Å². The Morgan fingerprint density at radius 3 is 2.38 bits per heavy atom. The Bertz CT molecular complexity index is 617. The zero-order chi connectivity index (χ0) is 18.5. The first-order valence-electron chi connectivity index (χ1n) is 10.0. The minimum atomic E-state index is -0.0950. The van der Waals surface area contributed by atoms with E-state index in [1.807, 2.05) is 31.1 Å². The second kappa shape index (κ2) is 8.60. The Hall–Kier alpha value is -1.98. The SMILES string of the molecule is CCNC(=O)N(CC(=O)N(Cc1cccn1C)C1CC1)C1CCCCC1. The fourth-order valence-electron chi connectivity index (χ4n) is 3.89. The van der Waals surface area contributed by atoms with Crippen molar-refractivity contribution in [3.63, 3.8) is 0 Å². The number of carbonyl (C=O) groups is 2. The number of hydrogen-bond acceptors (Lipinski definition) is 2. The minimum Gasteiger partial charge on any atom is -0.353 e. The van der Waals surface area contributed by atoms with Crippen LogP contribution in [0.4, 0.5) is 4.79 Å². The molecule has 0 spiro atoms. The number of urea groups is 1. The normalized spacial score (nSPS) is 17.8. The van der Waals surface area contributed by atoms with E-state index in [9.17, 15) is 9.59 Å². The van der Waals surface area contributed by atoms with Crippen molar-refractivity contribution in [1.29, 1.82) is 0 Å². The van der Waals surface area contributed by atoms with Crippen LogP contribution in [0.2, 0.25) is 0 Å². The minimum absolute atomic E-state index is 0.0746. The summed E-state index contributed by atoms with van der Waals surface area (Å²) in [6.07, 6.45) is 9.68. The number of hydrogen-bond donors (Lipinski definition) is 1. The molecule has 0 unspecified atom stereocenters. The third kappa shape index (κ3) is 4.59. The van der Waals surface area contributed by atoms with Crippen molar-refractivity contribution in [2.75, 3.05) is 13.1 Å². The van der Waals surface area contributed by atoms with Crippen LogP contribution in [0, 0.1) is 0 Å².